The molecule has 0 fully saturated rings. The van der Waals surface area contributed by atoms with Gasteiger partial charge in [-0.05, 0) is 17.7 Å². The van der Waals surface area contributed by atoms with Gasteiger partial charge in [0.15, 0.2) is 11.5 Å². The van der Waals surface area contributed by atoms with E-state index in [0.29, 0.717) is 55.8 Å². The second-order valence-corrected chi connectivity index (χ2v) is 8.00. The van der Waals surface area contributed by atoms with Gasteiger partial charge in [-0.2, -0.15) is 5.10 Å². The summed E-state index contributed by atoms with van der Waals surface area (Å²) < 4.78 is 18.6. The minimum Gasteiger partial charge on any atom is -0.488 e. The fourth-order valence-electron chi connectivity index (χ4n) is 3.54. The fraction of sp³-hybridized carbons (Fsp3) is 0.333. The van der Waals surface area contributed by atoms with Crippen LogP contribution in [-0.2, 0) is 13.6 Å². The van der Waals surface area contributed by atoms with Crippen molar-refractivity contribution in [3.8, 4) is 17.2 Å². The van der Waals surface area contributed by atoms with Crippen molar-refractivity contribution in [2.75, 3.05) is 44.8 Å². The standard InChI is InChI=1S/C24H27ClN4O4/c1-28-24(30)22(25)19(16-27-28)26-10-11-29(17-18-6-3-2-4-7-18)12-13-31-20-8-5-9-21-23(20)33-15-14-32-21/h2-9,16,26H,10-15,17H2,1H3. The highest BCUT2D eigenvalue weighted by Crippen LogP contribution is 2.38. The van der Waals surface area contributed by atoms with Crippen molar-refractivity contribution in [2.24, 2.45) is 7.05 Å². The lowest BCUT2D eigenvalue weighted by molar-refractivity contribution is 0.156. The second kappa shape index (κ2) is 11.1. The van der Waals surface area contributed by atoms with Crippen molar-refractivity contribution in [1.29, 1.82) is 0 Å². The van der Waals surface area contributed by atoms with Gasteiger partial charge in [0.1, 0.15) is 24.8 Å². The van der Waals surface area contributed by atoms with E-state index in [1.807, 2.05) is 36.4 Å². The molecular weight excluding hydrogens is 444 g/mol. The largest absolute Gasteiger partial charge is 0.488 e. The Morgan fingerprint density at radius 3 is 2.79 bits per heavy atom. The molecule has 3 aromatic rings. The highest BCUT2D eigenvalue weighted by atomic mass is 35.5. The molecule has 9 heteroatoms. The number of nitrogens with zero attached hydrogens (tertiary/aromatic N) is 3. The van der Waals surface area contributed by atoms with Crippen LogP contribution < -0.4 is 25.1 Å². The maximum absolute atomic E-state index is 12.0. The molecule has 2 aromatic carbocycles. The van der Waals surface area contributed by atoms with Crippen LogP contribution in [0.1, 0.15) is 5.56 Å². The van der Waals surface area contributed by atoms with Crippen molar-refractivity contribution in [2.45, 2.75) is 6.54 Å². The lowest BCUT2D eigenvalue weighted by atomic mass is 10.2. The van der Waals surface area contributed by atoms with E-state index in [0.717, 1.165) is 13.1 Å². The summed E-state index contributed by atoms with van der Waals surface area (Å²) in [6.07, 6.45) is 1.56. The van der Waals surface area contributed by atoms with Gasteiger partial charge in [0.2, 0.25) is 5.75 Å². The predicted molar refractivity (Wildman–Crippen MR) is 128 cm³/mol. The molecule has 0 aliphatic carbocycles. The van der Waals surface area contributed by atoms with E-state index in [4.69, 9.17) is 25.8 Å². The number of aromatic nitrogens is 2. The summed E-state index contributed by atoms with van der Waals surface area (Å²) in [5.74, 6) is 2.05. The Hall–Kier alpha value is -3.23. The topological polar surface area (TPSA) is 77.9 Å². The van der Waals surface area contributed by atoms with Gasteiger partial charge in [-0.15, -0.1) is 0 Å². The zero-order valence-corrected chi connectivity index (χ0v) is 19.3. The monoisotopic (exact) mass is 470 g/mol. The summed E-state index contributed by atoms with van der Waals surface area (Å²) >= 11 is 6.16. The lowest BCUT2D eigenvalue weighted by Crippen LogP contribution is -2.33. The van der Waals surface area contributed by atoms with Crippen LogP contribution in [0, 0.1) is 0 Å². The van der Waals surface area contributed by atoms with Crippen LogP contribution in [0.5, 0.6) is 17.2 Å². The van der Waals surface area contributed by atoms with Crippen LogP contribution in [0.3, 0.4) is 0 Å². The van der Waals surface area contributed by atoms with Gasteiger partial charge in [-0.25, -0.2) is 4.68 Å². The van der Waals surface area contributed by atoms with E-state index >= 15 is 0 Å². The quantitative estimate of drug-likeness (QED) is 0.487. The van der Waals surface area contributed by atoms with Crippen LogP contribution in [-0.4, -0.2) is 54.1 Å². The first-order chi connectivity index (χ1) is 16.1. The molecule has 33 heavy (non-hydrogen) atoms. The van der Waals surface area contributed by atoms with E-state index in [9.17, 15) is 4.79 Å². The predicted octanol–water partition coefficient (Wildman–Crippen LogP) is 3.20. The van der Waals surface area contributed by atoms with E-state index in [2.05, 4.69) is 27.4 Å². The van der Waals surface area contributed by atoms with Gasteiger partial charge >= 0.3 is 0 Å². The van der Waals surface area contributed by atoms with Gasteiger partial charge in [-0.1, -0.05) is 48.0 Å². The van der Waals surface area contributed by atoms with E-state index in [1.165, 1.54) is 10.2 Å². The first-order valence-corrected chi connectivity index (χ1v) is 11.2. The number of rotatable bonds is 10. The number of halogens is 1. The molecule has 1 aromatic heterocycles. The van der Waals surface area contributed by atoms with Gasteiger partial charge in [-0.3, -0.25) is 9.69 Å². The molecule has 4 rings (SSSR count). The molecule has 0 unspecified atom stereocenters. The highest BCUT2D eigenvalue weighted by Gasteiger charge is 2.17. The molecule has 0 amide bonds. The Balaban J connectivity index is 1.37. The molecule has 0 atom stereocenters. The smallest absolute Gasteiger partial charge is 0.287 e. The summed E-state index contributed by atoms with van der Waals surface area (Å²) in [4.78, 5) is 14.3. The van der Waals surface area contributed by atoms with Gasteiger partial charge < -0.3 is 19.5 Å². The van der Waals surface area contributed by atoms with Crippen molar-refractivity contribution in [1.82, 2.24) is 14.7 Å². The Bertz CT molecular complexity index is 1120. The van der Waals surface area contributed by atoms with Crippen LogP contribution in [0.2, 0.25) is 5.02 Å². The molecule has 0 radical (unpaired) electrons. The number of para-hydroxylation sites is 1. The van der Waals surface area contributed by atoms with Crippen LogP contribution in [0.25, 0.3) is 0 Å². The average Bonchev–Trinajstić information content (AvgIpc) is 2.84. The third kappa shape index (κ3) is 5.97. The Kier molecular flexibility index (Phi) is 7.70. The molecule has 0 spiro atoms. The zero-order chi connectivity index (χ0) is 23.0. The van der Waals surface area contributed by atoms with Crippen LogP contribution >= 0.6 is 11.6 Å². The third-order valence-electron chi connectivity index (χ3n) is 5.27. The molecule has 8 nitrogen and oxygen atoms in total. The number of hydrogen-bond donors (Lipinski definition) is 1. The van der Waals surface area contributed by atoms with Crippen molar-refractivity contribution in [3.63, 3.8) is 0 Å². The molecule has 1 aliphatic heterocycles. The summed E-state index contributed by atoms with van der Waals surface area (Å²) in [7, 11) is 1.57. The highest BCUT2D eigenvalue weighted by molar-refractivity contribution is 6.32. The molecule has 174 valence electrons. The molecule has 0 saturated carbocycles. The van der Waals surface area contributed by atoms with Crippen LogP contribution in [0.15, 0.2) is 59.5 Å². The molecule has 2 heterocycles. The van der Waals surface area contributed by atoms with Crippen molar-refractivity contribution < 1.29 is 14.2 Å². The number of fused-ring (bicyclic) bond motifs is 1. The van der Waals surface area contributed by atoms with Crippen molar-refractivity contribution in [3.05, 3.63) is 75.7 Å². The Morgan fingerprint density at radius 2 is 1.94 bits per heavy atom. The third-order valence-corrected chi connectivity index (χ3v) is 5.63. The average molecular weight is 471 g/mol. The number of benzene rings is 2. The molecule has 0 bridgehead atoms. The maximum Gasteiger partial charge on any atom is 0.287 e. The first-order valence-electron chi connectivity index (χ1n) is 10.8. The van der Waals surface area contributed by atoms with Crippen molar-refractivity contribution >= 4 is 17.3 Å². The summed E-state index contributed by atoms with van der Waals surface area (Å²) in [5.41, 5.74) is 1.41. The van der Waals surface area contributed by atoms with E-state index < -0.39 is 0 Å². The summed E-state index contributed by atoms with van der Waals surface area (Å²) in [6, 6.07) is 15.9. The number of nitrogens with one attached hydrogen (secondary N) is 1. The first kappa shape index (κ1) is 22.9. The fourth-order valence-corrected chi connectivity index (χ4v) is 3.78. The minimum atomic E-state index is -0.325. The normalized spacial score (nSPS) is 12.6. The number of hydrogen-bond acceptors (Lipinski definition) is 7. The number of aryl methyl sites for hydroxylation is 1. The molecule has 1 N–H and O–H groups in total. The number of anilines is 1. The Labute approximate surface area is 197 Å². The SMILES string of the molecule is Cn1ncc(NCCN(CCOc2cccc3c2OCCO3)Cc2ccccc2)c(Cl)c1=O. The molecular formula is C24H27ClN4O4. The van der Waals surface area contributed by atoms with Gasteiger partial charge in [0.25, 0.3) is 5.56 Å². The minimum absolute atomic E-state index is 0.140. The van der Waals surface area contributed by atoms with E-state index in [-0.39, 0.29) is 10.6 Å². The van der Waals surface area contributed by atoms with Crippen LogP contribution in [0.4, 0.5) is 5.69 Å². The molecule has 1 aliphatic rings. The number of ether oxygens (including phenoxy) is 3. The van der Waals surface area contributed by atoms with E-state index in [1.54, 1.807) is 13.2 Å². The zero-order valence-electron chi connectivity index (χ0n) is 18.5. The second-order valence-electron chi connectivity index (χ2n) is 7.62. The molecule has 0 saturated heterocycles. The summed E-state index contributed by atoms with van der Waals surface area (Å²) in [6.45, 7) is 4.32. The van der Waals surface area contributed by atoms with Gasteiger partial charge in [0, 0.05) is 33.2 Å². The van der Waals surface area contributed by atoms with Gasteiger partial charge in [0.05, 0.1) is 11.9 Å². The summed E-state index contributed by atoms with van der Waals surface area (Å²) in [5, 5.41) is 7.38. The lowest BCUT2D eigenvalue weighted by Gasteiger charge is -2.24. The maximum atomic E-state index is 12.0. The Morgan fingerprint density at radius 1 is 1.12 bits per heavy atom.